The summed E-state index contributed by atoms with van der Waals surface area (Å²) in [5.41, 5.74) is -2.69. The number of fused-ring (bicyclic) bond motifs is 5. The van der Waals surface area contributed by atoms with Gasteiger partial charge in [-0.25, -0.2) is 0 Å². The third-order valence-corrected chi connectivity index (χ3v) is 13.3. The fraction of sp³-hybridized carbons (Fsp3) is 0.667. The van der Waals surface area contributed by atoms with E-state index in [4.69, 9.17) is 28.4 Å². The Morgan fingerprint density at radius 2 is 1.64 bits per heavy atom. The van der Waals surface area contributed by atoms with Crippen molar-refractivity contribution in [1.29, 1.82) is 0 Å². The van der Waals surface area contributed by atoms with E-state index < -0.39 is 87.9 Å². The molecule has 11 heteroatoms. The zero-order chi connectivity index (χ0) is 39.1. The van der Waals surface area contributed by atoms with Crippen LogP contribution in [0.15, 0.2) is 48.1 Å². The highest BCUT2D eigenvalue weighted by Crippen LogP contribution is 2.72. The molecular weight excluding hydrogens is 680 g/mol. The molecule has 53 heavy (non-hydrogen) atoms. The van der Waals surface area contributed by atoms with Crippen molar-refractivity contribution >= 4 is 23.9 Å². The highest BCUT2D eigenvalue weighted by Gasteiger charge is 2.76. The first-order valence-electron chi connectivity index (χ1n) is 18.9. The number of allylic oxidation sites excluding steroid dienone is 1. The van der Waals surface area contributed by atoms with Gasteiger partial charge in [-0.05, 0) is 80.1 Å². The predicted octanol–water partition coefficient (Wildman–Crippen LogP) is 6.26. The molecule has 4 unspecified atom stereocenters. The molecule has 2 fully saturated rings. The Balaban J connectivity index is 1.79. The van der Waals surface area contributed by atoms with Crippen LogP contribution in [-0.2, 0) is 42.9 Å². The van der Waals surface area contributed by atoms with Gasteiger partial charge in [0, 0.05) is 44.9 Å². The summed E-state index contributed by atoms with van der Waals surface area (Å²) in [6, 6.07) is 7.84. The molecule has 4 aliphatic rings. The molecule has 0 spiro atoms. The molecule has 3 aliphatic carbocycles. The molecule has 11 nitrogen and oxygen atoms in total. The van der Waals surface area contributed by atoms with Gasteiger partial charge in [-0.15, -0.1) is 0 Å². The van der Waals surface area contributed by atoms with E-state index in [9.17, 15) is 24.3 Å². The zero-order valence-corrected chi connectivity index (χ0v) is 32.9. The van der Waals surface area contributed by atoms with E-state index in [0.29, 0.717) is 24.8 Å². The van der Waals surface area contributed by atoms with Gasteiger partial charge in [-0.1, -0.05) is 51.1 Å². The predicted molar refractivity (Wildman–Crippen MR) is 196 cm³/mol. The molecule has 1 aromatic carbocycles. The first-order chi connectivity index (χ1) is 24.9. The van der Waals surface area contributed by atoms with Crippen LogP contribution in [-0.4, -0.2) is 79.3 Å². The normalized spacial score (nSPS) is 37.2. The highest BCUT2D eigenvalue weighted by atomic mass is 16.6. The van der Waals surface area contributed by atoms with E-state index in [0.717, 1.165) is 17.7 Å². The number of carbonyl (C=O) groups excluding carboxylic acids is 4. The number of rotatable bonds is 10. The summed E-state index contributed by atoms with van der Waals surface area (Å²) >= 11 is 0. The van der Waals surface area contributed by atoms with Crippen LogP contribution in [0, 0.1) is 34.0 Å². The van der Waals surface area contributed by atoms with E-state index in [1.807, 2.05) is 50.3 Å². The van der Waals surface area contributed by atoms with Crippen molar-refractivity contribution in [3.05, 3.63) is 53.6 Å². The van der Waals surface area contributed by atoms with Gasteiger partial charge in [0.1, 0.15) is 24.1 Å². The lowest BCUT2D eigenvalue weighted by atomic mass is 9.35. The van der Waals surface area contributed by atoms with E-state index in [1.165, 1.54) is 27.7 Å². The quantitative estimate of drug-likeness (QED) is 0.165. The summed E-state index contributed by atoms with van der Waals surface area (Å²) in [6.45, 7) is 15.5. The average Bonchev–Trinajstić information content (AvgIpc) is 3.32. The summed E-state index contributed by atoms with van der Waals surface area (Å²) in [4.78, 5) is 51.9. The second kappa shape index (κ2) is 15.2. The number of esters is 4. The van der Waals surface area contributed by atoms with E-state index in [1.54, 1.807) is 14.0 Å². The van der Waals surface area contributed by atoms with E-state index >= 15 is 0 Å². The fourth-order valence-electron chi connectivity index (χ4n) is 11.4. The van der Waals surface area contributed by atoms with Crippen molar-refractivity contribution in [2.45, 2.75) is 124 Å². The topological polar surface area (TPSA) is 144 Å². The minimum atomic E-state index is -1.38. The Hall–Kier alpha value is -3.70. The minimum Gasteiger partial charge on any atom is -0.496 e. The third-order valence-electron chi connectivity index (χ3n) is 13.3. The van der Waals surface area contributed by atoms with E-state index in [2.05, 4.69) is 19.9 Å². The molecule has 0 radical (unpaired) electrons. The number of hydrogen-bond acceptors (Lipinski definition) is 11. The molecule has 292 valence electrons. The van der Waals surface area contributed by atoms with Gasteiger partial charge in [-0.2, -0.15) is 0 Å². The molecule has 0 amide bonds. The maximum absolute atomic E-state index is 13.3. The summed E-state index contributed by atoms with van der Waals surface area (Å²) in [7, 11) is 1.64. The van der Waals surface area contributed by atoms with Crippen LogP contribution in [0.25, 0.3) is 0 Å². The van der Waals surface area contributed by atoms with Crippen LogP contribution in [0.3, 0.4) is 0 Å². The molecule has 0 saturated heterocycles. The lowest BCUT2D eigenvalue weighted by Gasteiger charge is -2.71. The first kappa shape index (κ1) is 40.5. The Morgan fingerprint density at radius 3 is 2.25 bits per heavy atom. The van der Waals surface area contributed by atoms with Gasteiger partial charge in [0.2, 0.25) is 0 Å². The molecule has 2 saturated carbocycles. The van der Waals surface area contributed by atoms with Crippen molar-refractivity contribution in [2.24, 2.45) is 34.0 Å². The summed E-state index contributed by atoms with van der Waals surface area (Å²) in [5, 5.41) is 13.3. The van der Waals surface area contributed by atoms with Gasteiger partial charge in [0.15, 0.2) is 6.10 Å². The van der Waals surface area contributed by atoms with Gasteiger partial charge in [0.05, 0.1) is 31.3 Å². The van der Waals surface area contributed by atoms with Gasteiger partial charge < -0.3 is 33.5 Å². The molecule has 0 bridgehead atoms. The number of hydrogen-bond donors (Lipinski definition) is 1. The Morgan fingerprint density at radius 1 is 0.981 bits per heavy atom. The van der Waals surface area contributed by atoms with Crippen LogP contribution in [0.1, 0.15) is 99.5 Å². The number of ether oxygens (including phenoxy) is 6. The lowest BCUT2D eigenvalue weighted by molar-refractivity contribution is -0.304. The second-order valence-corrected chi connectivity index (χ2v) is 16.2. The van der Waals surface area contributed by atoms with Crippen LogP contribution in [0.4, 0.5) is 0 Å². The van der Waals surface area contributed by atoms with Crippen LogP contribution in [0.5, 0.6) is 5.75 Å². The summed E-state index contributed by atoms with van der Waals surface area (Å²) < 4.78 is 36.8. The average molecular weight is 739 g/mol. The number of para-hydroxylation sites is 1. The van der Waals surface area contributed by atoms with Gasteiger partial charge >= 0.3 is 23.9 Å². The Labute approximate surface area is 313 Å². The molecule has 5 rings (SSSR count). The number of aliphatic hydroxyl groups is 1. The largest absolute Gasteiger partial charge is 0.496 e. The van der Waals surface area contributed by atoms with Crippen molar-refractivity contribution in [2.75, 3.05) is 20.3 Å². The monoisotopic (exact) mass is 738 g/mol. The molecule has 0 aromatic heterocycles. The van der Waals surface area contributed by atoms with Gasteiger partial charge in [-0.3, -0.25) is 19.2 Å². The molecule has 12 atom stereocenters. The molecule has 1 aromatic rings. The maximum atomic E-state index is 13.3. The Bertz CT molecular complexity index is 1630. The molecule has 1 heterocycles. The maximum Gasteiger partial charge on any atom is 0.303 e. The third kappa shape index (κ3) is 6.81. The van der Waals surface area contributed by atoms with E-state index in [-0.39, 0.29) is 19.1 Å². The van der Waals surface area contributed by atoms with Crippen LogP contribution < -0.4 is 4.74 Å². The van der Waals surface area contributed by atoms with Crippen LogP contribution in [0.2, 0.25) is 0 Å². The SMILES string of the molecule is CC[C@H](CC1(O)C(C)=C[C@@H](OC(C)=O)[C@@]2(C)C1CC[C@]1(C)C2[C@H](OC(C)=O)[C@H](OC(C)=O)[C@@]2([C@@H](C)OC(C)=O)COCC=CC12)c1ccccc1OC. The second-order valence-electron chi connectivity index (χ2n) is 16.2. The lowest BCUT2D eigenvalue weighted by Crippen LogP contribution is -2.76. The summed E-state index contributed by atoms with van der Waals surface area (Å²) in [5.74, 6) is -3.12. The number of carbonyl (C=O) groups is 4. The van der Waals surface area contributed by atoms with Crippen molar-refractivity contribution < 1.29 is 52.7 Å². The molecular formula is C42H58O11. The van der Waals surface area contributed by atoms with Crippen molar-refractivity contribution in [3.63, 3.8) is 0 Å². The van der Waals surface area contributed by atoms with Crippen molar-refractivity contribution in [3.8, 4) is 5.75 Å². The number of methoxy groups -OCH3 is 1. The fourth-order valence-corrected chi connectivity index (χ4v) is 11.4. The van der Waals surface area contributed by atoms with Crippen molar-refractivity contribution in [1.82, 2.24) is 0 Å². The smallest absolute Gasteiger partial charge is 0.303 e. The Kier molecular flexibility index (Phi) is 11.6. The summed E-state index contributed by atoms with van der Waals surface area (Å²) in [6.07, 6.45) is 4.11. The molecule has 1 aliphatic heterocycles. The van der Waals surface area contributed by atoms with Gasteiger partial charge in [0.25, 0.3) is 0 Å². The highest BCUT2D eigenvalue weighted by molar-refractivity contribution is 5.69. The minimum absolute atomic E-state index is 0.0463. The van der Waals surface area contributed by atoms with Crippen LogP contribution >= 0.6 is 0 Å². The molecule has 1 N–H and O–H groups in total. The first-order valence-corrected chi connectivity index (χ1v) is 18.9. The number of benzene rings is 1. The standard InChI is InChI=1S/C42H58O11/c1-11-30(31-15-12-13-16-32(31)48-10)22-42(47)24(2)21-35(51-27(5)44)40(9)34(42)18-19-39(8)33-17-14-20-49-23-41(33,25(3)50-26(4)43)38(53-29(7)46)36(37(39)40)52-28(6)45/h12-17,21,25,30,33-38,47H,11,18-20,22-23H2,1-10H3/t25-,30-,33?,34?,35-,36+,37?,38+,39+,40-,41-,42?/m1/s1. The zero-order valence-electron chi connectivity index (χ0n) is 32.9.